The lowest BCUT2D eigenvalue weighted by molar-refractivity contribution is -0.137. The quantitative estimate of drug-likeness (QED) is 0.769. The van der Waals surface area contributed by atoms with Crippen LogP contribution < -0.4 is 15.5 Å². The summed E-state index contributed by atoms with van der Waals surface area (Å²) in [7, 11) is 1.80. The maximum atomic E-state index is 13.2. The van der Waals surface area contributed by atoms with Crippen LogP contribution in [0.1, 0.15) is 23.9 Å². The molecule has 7 nitrogen and oxygen atoms in total. The summed E-state index contributed by atoms with van der Waals surface area (Å²) >= 11 is 0. The average Bonchev–Trinajstić information content (AvgIpc) is 2.93. The minimum Gasteiger partial charge on any atom is -0.378 e. The lowest BCUT2D eigenvalue weighted by Gasteiger charge is -2.31. The Hall–Kier alpha value is -2.75. The minimum atomic E-state index is -4.50. The van der Waals surface area contributed by atoms with Crippen molar-refractivity contribution in [3.05, 3.63) is 35.2 Å². The monoisotopic (exact) mass is 425 g/mol. The number of anilines is 3. The predicted octanol–water partition coefficient (Wildman–Crippen LogP) is 3.33. The molecule has 1 aromatic heterocycles. The van der Waals surface area contributed by atoms with Gasteiger partial charge in [0.25, 0.3) is 0 Å². The van der Waals surface area contributed by atoms with Crippen molar-refractivity contribution in [3.8, 4) is 0 Å². The molecule has 2 N–H and O–H groups in total. The Kier molecular flexibility index (Phi) is 6.25. The lowest BCUT2D eigenvalue weighted by atomic mass is 10.1. The van der Waals surface area contributed by atoms with E-state index in [0.717, 1.165) is 29.2 Å². The van der Waals surface area contributed by atoms with E-state index in [0.29, 0.717) is 32.0 Å². The maximum Gasteiger partial charge on any atom is 0.416 e. The van der Waals surface area contributed by atoms with E-state index in [-0.39, 0.29) is 5.69 Å². The van der Waals surface area contributed by atoms with E-state index in [2.05, 4.69) is 15.7 Å². The smallest absolute Gasteiger partial charge is 0.378 e. The number of hydrogen-bond donors (Lipinski definition) is 2. The number of halogens is 3. The molecule has 0 spiro atoms. The average molecular weight is 425 g/mol. The Morgan fingerprint density at radius 2 is 1.90 bits per heavy atom. The van der Waals surface area contributed by atoms with E-state index in [1.54, 1.807) is 18.7 Å². The fourth-order valence-electron chi connectivity index (χ4n) is 3.40. The van der Waals surface area contributed by atoms with Crippen LogP contribution in [0, 0.1) is 13.8 Å². The van der Waals surface area contributed by atoms with Gasteiger partial charge in [-0.25, -0.2) is 0 Å². The van der Waals surface area contributed by atoms with Crippen molar-refractivity contribution in [1.82, 2.24) is 9.78 Å². The number of benzene rings is 1. The number of rotatable bonds is 5. The van der Waals surface area contributed by atoms with Crippen LogP contribution in [0.15, 0.2) is 18.2 Å². The van der Waals surface area contributed by atoms with Crippen molar-refractivity contribution >= 4 is 23.0 Å². The highest BCUT2D eigenvalue weighted by molar-refractivity contribution is 5.99. The molecule has 30 heavy (non-hydrogen) atoms. The second-order valence-electron chi connectivity index (χ2n) is 7.35. The van der Waals surface area contributed by atoms with Crippen molar-refractivity contribution in [1.29, 1.82) is 0 Å². The molecule has 0 saturated carbocycles. The number of carbonyl (C=O) groups is 1. The van der Waals surface area contributed by atoms with Gasteiger partial charge in [-0.2, -0.15) is 18.3 Å². The first-order valence-corrected chi connectivity index (χ1v) is 9.69. The number of morpholine rings is 1. The summed E-state index contributed by atoms with van der Waals surface area (Å²) in [5.41, 5.74) is 2.19. The number of alkyl halides is 3. The fraction of sp³-hybridized carbons (Fsp3) is 0.500. The van der Waals surface area contributed by atoms with Gasteiger partial charge < -0.3 is 20.3 Å². The summed E-state index contributed by atoms with van der Waals surface area (Å²) in [5.74, 6) is -0.438. The fourth-order valence-corrected chi connectivity index (χ4v) is 3.40. The van der Waals surface area contributed by atoms with E-state index >= 15 is 0 Å². The first-order valence-electron chi connectivity index (χ1n) is 9.69. The van der Waals surface area contributed by atoms with Gasteiger partial charge in [0.05, 0.1) is 47.2 Å². The van der Waals surface area contributed by atoms with Gasteiger partial charge in [-0.1, -0.05) is 0 Å². The maximum absolute atomic E-state index is 13.2. The molecule has 0 bridgehead atoms. The number of aryl methyl sites for hydroxylation is 2. The van der Waals surface area contributed by atoms with Crippen molar-refractivity contribution < 1.29 is 22.7 Å². The van der Waals surface area contributed by atoms with Crippen molar-refractivity contribution in [2.45, 2.75) is 33.0 Å². The number of ether oxygens (including phenoxy) is 1. The first kappa shape index (κ1) is 21.9. The van der Waals surface area contributed by atoms with Gasteiger partial charge in [0.1, 0.15) is 6.04 Å². The van der Waals surface area contributed by atoms with Gasteiger partial charge in [0.2, 0.25) is 5.91 Å². The normalized spacial score (nSPS) is 15.8. The SMILES string of the molecule is Cc1nn(C)c(C)c1N[C@H](C)C(=O)Nc1cc(C(F)(F)F)ccc1N1CCOCC1. The molecule has 0 radical (unpaired) electrons. The number of aromatic nitrogens is 2. The van der Waals surface area contributed by atoms with Crippen molar-refractivity contribution in [2.24, 2.45) is 7.05 Å². The van der Waals surface area contributed by atoms with E-state index in [4.69, 9.17) is 4.74 Å². The Morgan fingerprint density at radius 3 is 2.47 bits per heavy atom. The molecule has 1 aromatic carbocycles. The van der Waals surface area contributed by atoms with Crippen LogP contribution in [0.2, 0.25) is 0 Å². The standard InChI is InChI=1S/C20H26F3N5O2/c1-12-18(14(3)27(4)26-12)24-13(2)19(29)25-16-11-15(20(21,22)23)5-6-17(16)28-7-9-30-10-8-28/h5-6,11,13,24H,7-10H2,1-4H3,(H,25,29)/t13-/m1/s1. The molecule has 0 unspecified atom stereocenters. The highest BCUT2D eigenvalue weighted by atomic mass is 19.4. The Morgan fingerprint density at radius 1 is 1.23 bits per heavy atom. The predicted molar refractivity (Wildman–Crippen MR) is 109 cm³/mol. The number of amides is 1. The first-order chi connectivity index (χ1) is 14.1. The molecule has 1 saturated heterocycles. The van der Waals surface area contributed by atoms with Crippen LogP contribution >= 0.6 is 0 Å². The molecular weight excluding hydrogens is 399 g/mol. The number of carbonyl (C=O) groups excluding carboxylic acids is 1. The molecule has 1 aliphatic heterocycles. The van der Waals surface area contributed by atoms with Crippen LogP contribution in [0.25, 0.3) is 0 Å². The highest BCUT2D eigenvalue weighted by Crippen LogP contribution is 2.36. The zero-order valence-electron chi connectivity index (χ0n) is 17.4. The molecule has 1 fully saturated rings. The van der Waals surface area contributed by atoms with Crippen molar-refractivity contribution in [3.63, 3.8) is 0 Å². The summed E-state index contributed by atoms with van der Waals surface area (Å²) in [4.78, 5) is 14.7. The molecule has 2 heterocycles. The topological polar surface area (TPSA) is 71.4 Å². The van der Waals surface area contributed by atoms with E-state index in [1.807, 2.05) is 18.7 Å². The van der Waals surface area contributed by atoms with Gasteiger partial charge >= 0.3 is 6.18 Å². The van der Waals surface area contributed by atoms with Gasteiger partial charge in [-0.15, -0.1) is 0 Å². The molecule has 164 valence electrons. The van der Waals surface area contributed by atoms with Gasteiger partial charge in [-0.05, 0) is 39.0 Å². The summed E-state index contributed by atoms with van der Waals surface area (Å²) in [6.07, 6.45) is -4.50. The Balaban J connectivity index is 1.84. The number of nitrogens with one attached hydrogen (secondary N) is 2. The van der Waals surface area contributed by atoms with E-state index in [9.17, 15) is 18.0 Å². The second kappa shape index (κ2) is 8.55. The van der Waals surface area contributed by atoms with Crippen LogP contribution in [0.4, 0.5) is 30.2 Å². The lowest BCUT2D eigenvalue weighted by Crippen LogP contribution is -2.38. The van der Waals surface area contributed by atoms with Gasteiger partial charge in [0.15, 0.2) is 0 Å². The molecule has 1 atom stereocenters. The molecule has 3 rings (SSSR count). The zero-order valence-corrected chi connectivity index (χ0v) is 17.4. The molecule has 1 aliphatic rings. The van der Waals surface area contributed by atoms with Gasteiger partial charge in [-0.3, -0.25) is 9.48 Å². The minimum absolute atomic E-state index is 0.130. The number of nitrogens with zero attached hydrogens (tertiary/aromatic N) is 3. The summed E-state index contributed by atoms with van der Waals surface area (Å²) in [5, 5.41) is 10.1. The largest absolute Gasteiger partial charge is 0.416 e. The molecule has 0 aliphatic carbocycles. The Labute approximate surface area is 173 Å². The summed E-state index contributed by atoms with van der Waals surface area (Å²) < 4.78 is 46.8. The van der Waals surface area contributed by atoms with Crippen LogP contribution in [0.5, 0.6) is 0 Å². The van der Waals surface area contributed by atoms with E-state index in [1.165, 1.54) is 6.07 Å². The van der Waals surface area contributed by atoms with Crippen LogP contribution in [-0.4, -0.2) is 48.0 Å². The third kappa shape index (κ3) is 4.69. The van der Waals surface area contributed by atoms with Crippen molar-refractivity contribution in [2.75, 3.05) is 41.8 Å². The highest BCUT2D eigenvalue weighted by Gasteiger charge is 2.32. The molecule has 10 heteroatoms. The molecular formula is C20H26F3N5O2. The molecule has 2 aromatic rings. The summed E-state index contributed by atoms with van der Waals surface area (Å²) in [6.45, 7) is 7.38. The third-order valence-corrected chi connectivity index (χ3v) is 5.20. The Bertz CT molecular complexity index is 920. The summed E-state index contributed by atoms with van der Waals surface area (Å²) in [6, 6.07) is 2.73. The van der Waals surface area contributed by atoms with Crippen LogP contribution in [0.3, 0.4) is 0 Å². The second-order valence-corrected chi connectivity index (χ2v) is 7.35. The van der Waals surface area contributed by atoms with Crippen LogP contribution in [-0.2, 0) is 22.8 Å². The molecule has 1 amide bonds. The van der Waals surface area contributed by atoms with E-state index < -0.39 is 23.7 Å². The third-order valence-electron chi connectivity index (χ3n) is 5.20. The van der Waals surface area contributed by atoms with Gasteiger partial charge in [0, 0.05) is 20.1 Å². The zero-order chi connectivity index (χ0) is 22.1. The number of hydrogen-bond acceptors (Lipinski definition) is 5.